The second kappa shape index (κ2) is 4.81. The molecule has 0 radical (unpaired) electrons. The van der Waals surface area contributed by atoms with Crippen LogP contribution in [0.3, 0.4) is 0 Å². The highest BCUT2D eigenvalue weighted by atomic mass is 19.4. The van der Waals surface area contributed by atoms with Crippen molar-refractivity contribution in [1.29, 1.82) is 0 Å². The van der Waals surface area contributed by atoms with Crippen LogP contribution in [0, 0.1) is 0 Å². The fraction of sp³-hybridized carbons (Fsp3) is 0.154. The van der Waals surface area contributed by atoms with Crippen molar-refractivity contribution < 1.29 is 13.2 Å². The molecule has 5 N–H and O–H groups in total. The Balaban J connectivity index is 1.95. The van der Waals surface area contributed by atoms with E-state index in [0.717, 1.165) is 17.7 Å². The number of nitrogens with two attached hydrogens (primary N) is 1. The maximum atomic E-state index is 12.7. The number of rotatable bonds is 2. The minimum atomic E-state index is -4.35. The minimum Gasteiger partial charge on any atom is -0.384 e. The van der Waals surface area contributed by atoms with Gasteiger partial charge in [0.1, 0.15) is 5.82 Å². The number of fused-ring (bicyclic) bond motifs is 1. The molecule has 0 fully saturated rings. The van der Waals surface area contributed by atoms with Gasteiger partial charge in [0.05, 0.1) is 11.3 Å². The monoisotopic (exact) mass is 295 g/mol. The van der Waals surface area contributed by atoms with Gasteiger partial charge in [-0.1, -0.05) is 18.2 Å². The Morgan fingerprint density at radius 2 is 1.95 bits per heavy atom. The van der Waals surface area contributed by atoms with Crippen molar-refractivity contribution in [3.8, 4) is 0 Å². The Morgan fingerprint density at radius 1 is 1.14 bits per heavy atom. The maximum Gasteiger partial charge on any atom is 0.416 e. The van der Waals surface area contributed by atoms with Gasteiger partial charge in [0.25, 0.3) is 0 Å². The molecule has 0 spiro atoms. The molecule has 1 aliphatic heterocycles. The van der Waals surface area contributed by atoms with Gasteiger partial charge in [-0.2, -0.15) is 13.2 Å². The largest absolute Gasteiger partial charge is 0.416 e. The predicted octanol–water partition coefficient (Wildman–Crippen LogP) is 2.53. The number of benzene rings is 1. The van der Waals surface area contributed by atoms with Gasteiger partial charge in [-0.25, -0.2) is 4.98 Å². The van der Waals surface area contributed by atoms with E-state index < -0.39 is 11.7 Å². The van der Waals surface area contributed by atoms with Crippen molar-refractivity contribution in [3.05, 3.63) is 47.0 Å². The van der Waals surface area contributed by atoms with Crippen LogP contribution in [0.25, 0.3) is 0 Å². The molecule has 0 bridgehead atoms. The first kappa shape index (κ1) is 13.5. The first-order chi connectivity index (χ1) is 9.93. The molecule has 1 aliphatic rings. The summed E-state index contributed by atoms with van der Waals surface area (Å²) in [6, 6.07) is 6.87. The minimum absolute atomic E-state index is 0.300. The zero-order chi connectivity index (χ0) is 15.0. The van der Waals surface area contributed by atoms with Crippen molar-refractivity contribution in [1.82, 2.24) is 10.5 Å². The van der Waals surface area contributed by atoms with E-state index in [4.69, 9.17) is 5.73 Å². The molecule has 21 heavy (non-hydrogen) atoms. The quantitative estimate of drug-likeness (QED) is 0.685. The third-order valence-corrected chi connectivity index (χ3v) is 3.14. The number of pyridine rings is 1. The lowest BCUT2D eigenvalue weighted by Crippen LogP contribution is -2.19. The number of hydrazine groups is 2. The van der Waals surface area contributed by atoms with E-state index in [2.05, 4.69) is 21.4 Å². The molecule has 2 aromatic rings. The Bertz CT molecular complexity index is 684. The molecule has 0 saturated heterocycles. The highest BCUT2D eigenvalue weighted by Crippen LogP contribution is 2.32. The molecule has 2 heterocycles. The number of anilines is 3. The molecule has 0 aliphatic carbocycles. The second-order valence-electron chi connectivity index (χ2n) is 4.68. The van der Waals surface area contributed by atoms with Crippen molar-refractivity contribution in [3.63, 3.8) is 0 Å². The molecule has 110 valence electrons. The molecule has 0 saturated carbocycles. The predicted molar refractivity (Wildman–Crippen MR) is 73.3 cm³/mol. The lowest BCUT2D eigenvalue weighted by atomic mass is 10.0. The molecule has 0 amide bonds. The smallest absolute Gasteiger partial charge is 0.384 e. The standard InChI is InChI=1S/C13H12F3N5/c14-13(15,16)9-3-1-2-7(5-9)4-8-6-10(17)18-12-11(8)19-21-20-12/h1-3,5-6,19,21H,4H2,(H3,17,18,20). The molecular weight excluding hydrogens is 283 g/mol. The van der Waals surface area contributed by atoms with Gasteiger partial charge < -0.3 is 11.2 Å². The van der Waals surface area contributed by atoms with E-state index >= 15 is 0 Å². The highest BCUT2D eigenvalue weighted by molar-refractivity contribution is 5.74. The summed E-state index contributed by atoms with van der Waals surface area (Å²) < 4.78 is 38.2. The molecular formula is C13H12F3N5. The zero-order valence-corrected chi connectivity index (χ0v) is 10.8. The number of hydrogen-bond acceptors (Lipinski definition) is 5. The fourth-order valence-corrected chi connectivity index (χ4v) is 2.22. The SMILES string of the molecule is Nc1cc(Cc2cccc(C(F)(F)F)c2)c2c(n1)NNN2. The van der Waals surface area contributed by atoms with E-state index in [1.807, 2.05) is 0 Å². The molecule has 0 unspecified atom stereocenters. The Labute approximate surface area is 118 Å². The van der Waals surface area contributed by atoms with Crippen LogP contribution in [0.2, 0.25) is 0 Å². The summed E-state index contributed by atoms with van der Waals surface area (Å²) in [6.07, 6.45) is -4.04. The fourth-order valence-electron chi connectivity index (χ4n) is 2.22. The van der Waals surface area contributed by atoms with Crippen LogP contribution in [0.1, 0.15) is 16.7 Å². The number of alkyl halides is 3. The van der Waals surface area contributed by atoms with Gasteiger partial charge in [0.15, 0.2) is 5.82 Å². The van der Waals surface area contributed by atoms with E-state index in [1.165, 1.54) is 6.07 Å². The lowest BCUT2D eigenvalue weighted by molar-refractivity contribution is -0.137. The number of halogens is 3. The molecule has 3 rings (SSSR count). The summed E-state index contributed by atoms with van der Waals surface area (Å²) in [5.74, 6) is 0.825. The molecule has 1 aromatic heterocycles. The Hall–Kier alpha value is -2.48. The van der Waals surface area contributed by atoms with E-state index in [1.54, 1.807) is 12.1 Å². The van der Waals surface area contributed by atoms with Gasteiger partial charge in [0, 0.05) is 0 Å². The number of nitrogens with one attached hydrogen (secondary N) is 3. The zero-order valence-electron chi connectivity index (χ0n) is 10.8. The van der Waals surface area contributed by atoms with Crippen molar-refractivity contribution in [2.24, 2.45) is 0 Å². The second-order valence-corrected chi connectivity index (χ2v) is 4.68. The summed E-state index contributed by atoms with van der Waals surface area (Å²) in [6.45, 7) is 0. The summed E-state index contributed by atoms with van der Waals surface area (Å²) in [5.41, 5.74) is 15.3. The van der Waals surface area contributed by atoms with Gasteiger partial charge in [0.2, 0.25) is 0 Å². The third kappa shape index (κ3) is 2.70. The summed E-state index contributed by atoms with van der Waals surface area (Å²) in [5, 5.41) is 0. The molecule has 0 atom stereocenters. The molecule has 5 nitrogen and oxygen atoms in total. The van der Waals surface area contributed by atoms with Crippen LogP contribution in [-0.4, -0.2) is 4.98 Å². The van der Waals surface area contributed by atoms with Gasteiger partial charge in [-0.05, 0) is 29.7 Å². The van der Waals surface area contributed by atoms with Crippen molar-refractivity contribution >= 4 is 17.3 Å². The van der Waals surface area contributed by atoms with Gasteiger partial charge in [-0.3, -0.25) is 5.43 Å². The van der Waals surface area contributed by atoms with Crippen LogP contribution in [-0.2, 0) is 12.6 Å². The average molecular weight is 295 g/mol. The summed E-state index contributed by atoms with van der Waals surface area (Å²) >= 11 is 0. The number of hydrogen-bond donors (Lipinski definition) is 4. The van der Waals surface area contributed by atoms with Crippen molar-refractivity contribution in [2.45, 2.75) is 12.6 Å². The number of aromatic nitrogens is 1. The first-order valence-corrected chi connectivity index (χ1v) is 6.16. The van der Waals surface area contributed by atoms with Gasteiger partial charge in [-0.15, -0.1) is 5.53 Å². The molecule has 8 heteroatoms. The van der Waals surface area contributed by atoms with Crippen LogP contribution in [0.15, 0.2) is 30.3 Å². The lowest BCUT2D eigenvalue weighted by Gasteiger charge is -2.11. The van der Waals surface area contributed by atoms with Crippen LogP contribution >= 0.6 is 0 Å². The van der Waals surface area contributed by atoms with Gasteiger partial charge >= 0.3 is 6.18 Å². The topological polar surface area (TPSA) is 75.0 Å². The number of nitrogen functional groups attached to an aromatic ring is 1. The highest BCUT2D eigenvalue weighted by Gasteiger charge is 2.30. The van der Waals surface area contributed by atoms with E-state index in [-0.39, 0.29) is 0 Å². The number of nitrogens with zero attached hydrogens (tertiary/aromatic N) is 1. The summed E-state index contributed by atoms with van der Waals surface area (Å²) in [4.78, 5) is 4.07. The maximum absolute atomic E-state index is 12.7. The third-order valence-electron chi connectivity index (χ3n) is 3.14. The van der Waals surface area contributed by atoms with Crippen LogP contribution in [0.5, 0.6) is 0 Å². The Morgan fingerprint density at radius 3 is 2.71 bits per heavy atom. The normalized spacial score (nSPS) is 13.5. The van der Waals surface area contributed by atoms with E-state index in [9.17, 15) is 13.2 Å². The van der Waals surface area contributed by atoms with E-state index in [0.29, 0.717) is 29.3 Å². The van der Waals surface area contributed by atoms with Crippen LogP contribution < -0.4 is 22.1 Å². The van der Waals surface area contributed by atoms with Crippen molar-refractivity contribution in [2.75, 3.05) is 16.6 Å². The van der Waals surface area contributed by atoms with Crippen LogP contribution in [0.4, 0.5) is 30.5 Å². The molecule has 1 aromatic carbocycles. The first-order valence-electron chi connectivity index (χ1n) is 6.16. The Kier molecular flexibility index (Phi) is 3.09. The summed E-state index contributed by atoms with van der Waals surface area (Å²) in [7, 11) is 0. The average Bonchev–Trinajstić information content (AvgIpc) is 2.86.